The van der Waals surface area contributed by atoms with E-state index in [1.54, 1.807) is 6.07 Å². The Balaban J connectivity index is 2.13. The molecule has 0 saturated carbocycles. The Kier molecular flexibility index (Phi) is 7.61. The van der Waals surface area contributed by atoms with E-state index in [0.717, 1.165) is 36.7 Å². The number of rotatable bonds is 8. The largest absolute Gasteiger partial charge is 0.492 e. The minimum absolute atomic E-state index is 0.104. The average molecular weight is 353 g/mol. The van der Waals surface area contributed by atoms with Crippen LogP contribution in [-0.2, 0) is 0 Å². The fourth-order valence-corrected chi connectivity index (χ4v) is 4.15. The molecule has 1 nitrogen and oxygen atoms in total. The fourth-order valence-electron chi connectivity index (χ4n) is 3.93. The summed E-state index contributed by atoms with van der Waals surface area (Å²) in [6.07, 6.45) is 10.5. The quantitative estimate of drug-likeness (QED) is 0.477. The molecular formula is C21H30ClFO. The lowest BCUT2D eigenvalue weighted by molar-refractivity contribution is 0.272. The first kappa shape index (κ1) is 19.3. The van der Waals surface area contributed by atoms with Gasteiger partial charge in [0.1, 0.15) is 10.8 Å². The first-order valence-electron chi connectivity index (χ1n) is 9.42. The lowest BCUT2D eigenvalue weighted by Gasteiger charge is -2.30. The summed E-state index contributed by atoms with van der Waals surface area (Å²) in [5, 5.41) is 0.104. The highest BCUT2D eigenvalue weighted by atomic mass is 35.5. The highest BCUT2D eigenvalue weighted by Crippen LogP contribution is 2.40. The van der Waals surface area contributed by atoms with Crippen LogP contribution in [0.15, 0.2) is 18.2 Å². The van der Waals surface area contributed by atoms with E-state index < -0.39 is 0 Å². The molecular weight excluding hydrogens is 323 g/mol. The molecule has 0 aromatic heterocycles. The molecule has 1 atom stereocenters. The van der Waals surface area contributed by atoms with Gasteiger partial charge in [-0.3, -0.25) is 0 Å². The Morgan fingerprint density at radius 1 is 1.21 bits per heavy atom. The molecule has 0 saturated heterocycles. The third-order valence-electron chi connectivity index (χ3n) is 5.13. The Morgan fingerprint density at radius 3 is 2.46 bits per heavy atom. The number of hydrogen-bond acceptors (Lipinski definition) is 1. The highest BCUT2D eigenvalue weighted by Gasteiger charge is 2.24. The highest BCUT2D eigenvalue weighted by molar-refractivity contribution is 6.32. The maximum atomic E-state index is 14.6. The van der Waals surface area contributed by atoms with Gasteiger partial charge in [-0.15, -0.1) is 0 Å². The smallest absolute Gasteiger partial charge is 0.153 e. The summed E-state index contributed by atoms with van der Waals surface area (Å²) >= 11 is 6.13. The van der Waals surface area contributed by atoms with E-state index >= 15 is 0 Å². The Bertz CT molecular complexity index is 561. The summed E-state index contributed by atoms with van der Waals surface area (Å²) in [7, 11) is 0. The Hall–Kier alpha value is -1.02. The summed E-state index contributed by atoms with van der Waals surface area (Å²) in [6, 6.07) is 3.60. The Labute approximate surface area is 151 Å². The number of halogens is 2. The second-order valence-corrected chi connectivity index (χ2v) is 7.15. The molecule has 0 N–H and O–H groups in total. The van der Waals surface area contributed by atoms with E-state index in [2.05, 4.69) is 19.9 Å². The van der Waals surface area contributed by atoms with Gasteiger partial charge in [0.25, 0.3) is 0 Å². The minimum Gasteiger partial charge on any atom is -0.492 e. The molecule has 0 bridgehead atoms. The second kappa shape index (κ2) is 9.46. The van der Waals surface area contributed by atoms with Gasteiger partial charge in [-0.1, -0.05) is 57.2 Å². The summed E-state index contributed by atoms with van der Waals surface area (Å²) in [6.45, 7) is 6.89. The van der Waals surface area contributed by atoms with Gasteiger partial charge in [0, 0.05) is 5.56 Å². The topological polar surface area (TPSA) is 9.23 Å². The zero-order valence-electron chi connectivity index (χ0n) is 15.2. The number of hydrogen-bond donors (Lipinski definition) is 0. The van der Waals surface area contributed by atoms with Crippen molar-refractivity contribution in [1.82, 2.24) is 0 Å². The van der Waals surface area contributed by atoms with Gasteiger partial charge in [-0.2, -0.15) is 0 Å². The van der Waals surface area contributed by atoms with Crippen molar-refractivity contribution in [2.75, 3.05) is 6.61 Å². The third kappa shape index (κ3) is 4.53. The van der Waals surface area contributed by atoms with Gasteiger partial charge >= 0.3 is 0 Å². The van der Waals surface area contributed by atoms with Gasteiger partial charge in [-0.25, -0.2) is 4.39 Å². The molecule has 1 aliphatic rings. The molecule has 1 aliphatic carbocycles. The van der Waals surface area contributed by atoms with Crippen LogP contribution in [0.1, 0.15) is 71.3 Å². The van der Waals surface area contributed by atoms with Crippen molar-refractivity contribution in [3.05, 3.63) is 34.6 Å². The van der Waals surface area contributed by atoms with Crippen LogP contribution >= 0.6 is 11.6 Å². The molecule has 1 unspecified atom stereocenters. The molecule has 0 radical (unpaired) electrons. The maximum Gasteiger partial charge on any atom is 0.153 e. The Morgan fingerprint density at radius 2 is 1.92 bits per heavy atom. The lowest BCUT2D eigenvalue weighted by atomic mass is 9.76. The van der Waals surface area contributed by atoms with Crippen LogP contribution in [0.25, 0.3) is 5.57 Å². The minimum atomic E-state index is -0.342. The van der Waals surface area contributed by atoms with Crippen LogP contribution in [0.3, 0.4) is 0 Å². The van der Waals surface area contributed by atoms with Crippen molar-refractivity contribution >= 4 is 17.2 Å². The van der Waals surface area contributed by atoms with Crippen molar-refractivity contribution in [2.45, 2.75) is 65.7 Å². The zero-order chi connectivity index (χ0) is 17.5. The fraction of sp³-hybridized carbons (Fsp3) is 0.619. The monoisotopic (exact) mass is 352 g/mol. The number of allylic oxidation sites excluding steroid dienone is 2. The van der Waals surface area contributed by atoms with Gasteiger partial charge in [0.2, 0.25) is 0 Å². The molecule has 0 heterocycles. The summed E-state index contributed by atoms with van der Waals surface area (Å²) < 4.78 is 20.0. The van der Waals surface area contributed by atoms with Crippen molar-refractivity contribution in [2.24, 2.45) is 11.8 Å². The molecule has 1 aromatic rings. The molecule has 0 amide bonds. The van der Waals surface area contributed by atoms with Crippen LogP contribution < -0.4 is 4.74 Å². The summed E-state index contributed by atoms with van der Waals surface area (Å²) in [5.41, 5.74) is 1.74. The number of benzene rings is 1. The van der Waals surface area contributed by atoms with Crippen LogP contribution in [0.5, 0.6) is 5.75 Å². The first-order valence-corrected chi connectivity index (χ1v) is 9.80. The van der Waals surface area contributed by atoms with Crippen molar-refractivity contribution in [3.63, 3.8) is 0 Å². The normalized spacial score (nSPS) is 17.9. The van der Waals surface area contributed by atoms with Crippen LogP contribution in [0, 0.1) is 17.7 Å². The molecule has 3 heteroatoms. The van der Waals surface area contributed by atoms with Crippen molar-refractivity contribution < 1.29 is 9.13 Å². The van der Waals surface area contributed by atoms with E-state index in [1.807, 2.05) is 13.0 Å². The van der Waals surface area contributed by atoms with E-state index in [1.165, 1.54) is 25.7 Å². The van der Waals surface area contributed by atoms with Crippen molar-refractivity contribution in [3.8, 4) is 5.75 Å². The van der Waals surface area contributed by atoms with E-state index in [0.29, 0.717) is 17.9 Å². The molecule has 24 heavy (non-hydrogen) atoms. The summed E-state index contributed by atoms with van der Waals surface area (Å²) in [4.78, 5) is 0. The predicted molar refractivity (Wildman–Crippen MR) is 101 cm³/mol. The third-order valence-corrected chi connectivity index (χ3v) is 5.48. The van der Waals surface area contributed by atoms with Gasteiger partial charge in [0.15, 0.2) is 5.82 Å². The molecule has 0 spiro atoms. The van der Waals surface area contributed by atoms with Crippen molar-refractivity contribution in [1.29, 1.82) is 0 Å². The first-order chi connectivity index (χ1) is 11.6. The zero-order valence-corrected chi connectivity index (χ0v) is 16.0. The predicted octanol–water partition coefficient (Wildman–Crippen LogP) is 7.28. The second-order valence-electron chi connectivity index (χ2n) is 6.77. The SMILES string of the molecule is CCCC(CCC)C1CC=C(c2ccc(OCC)c(Cl)c2F)CC1. The van der Waals surface area contributed by atoms with Crippen LogP contribution in [0.4, 0.5) is 4.39 Å². The van der Waals surface area contributed by atoms with Gasteiger partial charge < -0.3 is 4.74 Å². The van der Waals surface area contributed by atoms with Crippen LogP contribution in [0.2, 0.25) is 5.02 Å². The van der Waals surface area contributed by atoms with Gasteiger partial charge in [0.05, 0.1) is 6.61 Å². The molecule has 134 valence electrons. The molecule has 0 fully saturated rings. The molecule has 0 aliphatic heterocycles. The standard InChI is InChI=1S/C21H30ClFO/c1-4-7-15(8-5-2)16-9-11-17(12-10-16)18-13-14-19(24-6-3)20(22)21(18)23/h11,13-16H,4-10,12H2,1-3H3. The van der Waals surface area contributed by atoms with Crippen LogP contribution in [-0.4, -0.2) is 6.61 Å². The van der Waals surface area contributed by atoms with E-state index in [9.17, 15) is 4.39 Å². The van der Waals surface area contributed by atoms with Gasteiger partial charge in [-0.05, 0) is 55.7 Å². The number of ether oxygens (including phenoxy) is 1. The van der Waals surface area contributed by atoms with E-state index in [4.69, 9.17) is 16.3 Å². The summed E-state index contributed by atoms with van der Waals surface area (Å²) in [5.74, 6) is 1.65. The molecule has 2 rings (SSSR count). The maximum absolute atomic E-state index is 14.6. The van der Waals surface area contributed by atoms with E-state index in [-0.39, 0.29) is 10.8 Å². The average Bonchev–Trinajstić information content (AvgIpc) is 2.59. The molecule has 1 aromatic carbocycles. The lowest BCUT2D eigenvalue weighted by Crippen LogP contribution is -2.17.